The number of nitrogens with one attached hydrogen (secondary N) is 1. The number of rotatable bonds is 3. The lowest BCUT2D eigenvalue weighted by Crippen LogP contribution is -2.25. The number of halogens is 2. The quantitative estimate of drug-likeness (QED) is 0.789. The molecule has 0 amide bonds. The van der Waals surface area contributed by atoms with E-state index in [0.717, 1.165) is 0 Å². The van der Waals surface area contributed by atoms with Crippen LogP contribution in [-0.2, 0) is 0 Å². The smallest absolute Gasteiger partial charge is 0.147 e. The van der Waals surface area contributed by atoms with Crippen molar-refractivity contribution in [3.8, 4) is 0 Å². The Kier molecular flexibility index (Phi) is 3.51. The largest absolute Gasteiger partial charge is 0.379 e. The van der Waals surface area contributed by atoms with E-state index in [-0.39, 0.29) is 11.9 Å². The van der Waals surface area contributed by atoms with E-state index in [1.165, 1.54) is 6.07 Å². The maximum Gasteiger partial charge on any atom is 0.147 e. The van der Waals surface area contributed by atoms with Crippen molar-refractivity contribution in [1.82, 2.24) is 0 Å². The van der Waals surface area contributed by atoms with Gasteiger partial charge in [-0.2, -0.15) is 0 Å². The van der Waals surface area contributed by atoms with Crippen molar-refractivity contribution in [3.05, 3.63) is 29.0 Å². The molecule has 0 heterocycles. The first-order chi connectivity index (χ1) is 6.13. The highest BCUT2D eigenvalue weighted by Crippen LogP contribution is 2.19. The molecule has 3 N–H and O–H groups in total. The highest BCUT2D eigenvalue weighted by atomic mass is 35.5. The van der Waals surface area contributed by atoms with Crippen LogP contribution in [0.1, 0.15) is 6.92 Å². The minimum absolute atomic E-state index is 0.0516. The summed E-state index contributed by atoms with van der Waals surface area (Å²) in [6, 6.07) is 4.56. The minimum Gasteiger partial charge on any atom is -0.379 e. The van der Waals surface area contributed by atoms with Crippen molar-refractivity contribution >= 4 is 17.3 Å². The predicted octanol–water partition coefficient (Wildman–Crippen LogP) is 2.24. The van der Waals surface area contributed by atoms with Gasteiger partial charge in [0.25, 0.3) is 0 Å². The molecule has 0 saturated heterocycles. The van der Waals surface area contributed by atoms with Crippen LogP contribution in [0.3, 0.4) is 0 Å². The molecule has 4 heteroatoms. The summed E-state index contributed by atoms with van der Waals surface area (Å²) in [4.78, 5) is 0. The fraction of sp³-hybridized carbons (Fsp3) is 0.333. The molecule has 0 bridgehead atoms. The number of anilines is 1. The molecule has 0 radical (unpaired) electrons. The molecule has 1 atom stereocenters. The van der Waals surface area contributed by atoms with Gasteiger partial charge < -0.3 is 11.1 Å². The molecule has 0 fully saturated rings. The first-order valence-corrected chi connectivity index (χ1v) is 4.43. The lowest BCUT2D eigenvalue weighted by molar-refractivity contribution is 0.626. The molecule has 0 aliphatic carbocycles. The highest BCUT2D eigenvalue weighted by molar-refractivity contribution is 6.30. The zero-order valence-electron chi connectivity index (χ0n) is 7.35. The van der Waals surface area contributed by atoms with E-state index in [4.69, 9.17) is 17.3 Å². The zero-order chi connectivity index (χ0) is 9.84. The van der Waals surface area contributed by atoms with Crippen LogP contribution in [-0.4, -0.2) is 12.6 Å². The zero-order valence-corrected chi connectivity index (χ0v) is 8.11. The van der Waals surface area contributed by atoms with Crippen LogP contribution in [0, 0.1) is 5.82 Å². The maximum atomic E-state index is 13.2. The second kappa shape index (κ2) is 4.44. The third kappa shape index (κ3) is 2.86. The molecule has 72 valence electrons. The number of hydrogen-bond donors (Lipinski definition) is 2. The van der Waals surface area contributed by atoms with Crippen LogP contribution in [0.25, 0.3) is 0 Å². The Morgan fingerprint density at radius 3 is 2.85 bits per heavy atom. The second-order valence-corrected chi connectivity index (χ2v) is 3.34. The second-order valence-electron chi connectivity index (χ2n) is 2.91. The molecule has 13 heavy (non-hydrogen) atoms. The van der Waals surface area contributed by atoms with E-state index in [1.807, 2.05) is 6.92 Å². The van der Waals surface area contributed by atoms with Crippen LogP contribution in [0.15, 0.2) is 18.2 Å². The molecule has 0 spiro atoms. The van der Waals surface area contributed by atoms with Crippen molar-refractivity contribution in [2.75, 3.05) is 11.9 Å². The Morgan fingerprint density at radius 1 is 1.62 bits per heavy atom. The number of nitrogens with two attached hydrogens (primary N) is 1. The van der Waals surface area contributed by atoms with E-state index >= 15 is 0 Å². The number of benzene rings is 1. The lowest BCUT2D eigenvalue weighted by Gasteiger charge is -2.13. The summed E-state index contributed by atoms with van der Waals surface area (Å²) in [6.07, 6.45) is 0. The van der Waals surface area contributed by atoms with Crippen LogP contribution in [0.4, 0.5) is 10.1 Å². The molecule has 1 aromatic carbocycles. The molecule has 1 unspecified atom stereocenters. The van der Waals surface area contributed by atoms with E-state index in [1.54, 1.807) is 12.1 Å². The van der Waals surface area contributed by atoms with Gasteiger partial charge in [-0.05, 0) is 25.1 Å². The monoisotopic (exact) mass is 202 g/mol. The van der Waals surface area contributed by atoms with Crippen LogP contribution >= 0.6 is 11.6 Å². The van der Waals surface area contributed by atoms with Crippen molar-refractivity contribution < 1.29 is 4.39 Å². The third-order valence-electron chi connectivity index (χ3n) is 1.69. The van der Waals surface area contributed by atoms with E-state index in [9.17, 15) is 4.39 Å². The van der Waals surface area contributed by atoms with Crippen molar-refractivity contribution in [3.63, 3.8) is 0 Å². The van der Waals surface area contributed by atoms with Gasteiger partial charge in [0, 0.05) is 17.6 Å². The van der Waals surface area contributed by atoms with Gasteiger partial charge in [0.05, 0.1) is 5.69 Å². The molecule has 0 aliphatic rings. The topological polar surface area (TPSA) is 38.0 Å². The minimum atomic E-state index is -0.354. The predicted molar refractivity (Wildman–Crippen MR) is 53.5 cm³/mol. The van der Waals surface area contributed by atoms with Gasteiger partial charge in [0.15, 0.2) is 0 Å². The Bertz CT molecular complexity index is 291. The van der Waals surface area contributed by atoms with Crippen molar-refractivity contribution in [2.45, 2.75) is 13.0 Å². The molecule has 2 nitrogen and oxygen atoms in total. The van der Waals surface area contributed by atoms with Gasteiger partial charge in [0.1, 0.15) is 5.82 Å². The highest BCUT2D eigenvalue weighted by Gasteiger charge is 2.04. The number of hydrogen-bond acceptors (Lipinski definition) is 2. The summed E-state index contributed by atoms with van der Waals surface area (Å²) in [5.74, 6) is -0.354. The van der Waals surface area contributed by atoms with Crippen LogP contribution < -0.4 is 11.1 Å². The third-order valence-corrected chi connectivity index (χ3v) is 1.92. The molecule has 1 rings (SSSR count). The van der Waals surface area contributed by atoms with Gasteiger partial charge in [-0.15, -0.1) is 0 Å². The molecule has 0 aromatic heterocycles. The Hall–Kier alpha value is -0.800. The summed E-state index contributed by atoms with van der Waals surface area (Å²) < 4.78 is 13.2. The first-order valence-electron chi connectivity index (χ1n) is 4.05. The van der Waals surface area contributed by atoms with Gasteiger partial charge >= 0.3 is 0 Å². The SMILES string of the molecule is CC(CN)Nc1ccc(Cl)cc1F. The maximum absolute atomic E-state index is 13.2. The Balaban J connectivity index is 2.77. The summed E-state index contributed by atoms with van der Waals surface area (Å²) in [5.41, 5.74) is 5.82. The molecular formula is C9H12ClFN2. The summed E-state index contributed by atoms with van der Waals surface area (Å²) in [5, 5.41) is 3.32. The van der Waals surface area contributed by atoms with E-state index in [0.29, 0.717) is 17.3 Å². The Labute approximate surface area is 81.9 Å². The van der Waals surface area contributed by atoms with Crippen molar-refractivity contribution in [1.29, 1.82) is 0 Å². The molecular weight excluding hydrogens is 191 g/mol. The molecule has 0 saturated carbocycles. The van der Waals surface area contributed by atoms with Gasteiger partial charge in [-0.25, -0.2) is 4.39 Å². The fourth-order valence-electron chi connectivity index (χ4n) is 0.931. The molecule has 1 aromatic rings. The van der Waals surface area contributed by atoms with Crippen LogP contribution in [0.2, 0.25) is 5.02 Å². The van der Waals surface area contributed by atoms with Crippen molar-refractivity contribution in [2.24, 2.45) is 5.73 Å². The van der Waals surface area contributed by atoms with Gasteiger partial charge in [0.2, 0.25) is 0 Å². The normalized spacial score (nSPS) is 12.6. The fourth-order valence-corrected chi connectivity index (χ4v) is 1.09. The average molecular weight is 203 g/mol. The molecule has 0 aliphatic heterocycles. The Morgan fingerprint density at radius 2 is 2.31 bits per heavy atom. The van der Waals surface area contributed by atoms with Gasteiger partial charge in [-0.3, -0.25) is 0 Å². The van der Waals surface area contributed by atoms with Crippen LogP contribution in [0.5, 0.6) is 0 Å². The summed E-state index contributed by atoms with van der Waals surface area (Å²) >= 11 is 5.59. The summed E-state index contributed by atoms with van der Waals surface area (Å²) in [7, 11) is 0. The van der Waals surface area contributed by atoms with Gasteiger partial charge in [-0.1, -0.05) is 11.6 Å². The van der Waals surface area contributed by atoms with E-state index < -0.39 is 0 Å². The summed E-state index contributed by atoms with van der Waals surface area (Å²) in [6.45, 7) is 2.34. The first kappa shape index (κ1) is 10.3. The van der Waals surface area contributed by atoms with E-state index in [2.05, 4.69) is 5.32 Å². The standard InChI is InChI=1S/C9H12ClFN2/c1-6(5-12)13-9-3-2-7(10)4-8(9)11/h2-4,6,13H,5,12H2,1H3. The lowest BCUT2D eigenvalue weighted by atomic mass is 10.2. The average Bonchev–Trinajstić information content (AvgIpc) is 2.09.